The number of thioether (sulfide) groups is 1. The second-order valence-electron chi connectivity index (χ2n) is 5.42. The molecule has 128 valence electrons. The van der Waals surface area contributed by atoms with Crippen molar-refractivity contribution < 1.29 is 13.9 Å². The van der Waals surface area contributed by atoms with Gasteiger partial charge in [0.25, 0.3) is 0 Å². The summed E-state index contributed by atoms with van der Waals surface area (Å²) >= 11 is 1.35. The molecule has 0 amide bonds. The number of hydrogen-bond donors (Lipinski definition) is 1. The van der Waals surface area contributed by atoms with E-state index >= 15 is 0 Å². The zero-order valence-corrected chi connectivity index (χ0v) is 14.2. The summed E-state index contributed by atoms with van der Waals surface area (Å²) in [6.07, 6.45) is 3.33. The summed E-state index contributed by atoms with van der Waals surface area (Å²) in [6.45, 7) is 1.68. The van der Waals surface area contributed by atoms with Crippen LogP contribution in [0, 0.1) is 18.6 Å². The van der Waals surface area contributed by atoms with Gasteiger partial charge in [-0.05, 0) is 30.7 Å². The van der Waals surface area contributed by atoms with Crippen molar-refractivity contribution in [2.75, 3.05) is 0 Å². The number of benzene rings is 1. The van der Waals surface area contributed by atoms with Crippen molar-refractivity contribution in [1.29, 1.82) is 0 Å². The molecule has 1 aromatic carbocycles. The number of halogens is 2. The lowest BCUT2D eigenvalue weighted by atomic mass is 10.0. The third-order valence-electron chi connectivity index (χ3n) is 3.68. The second-order valence-corrected chi connectivity index (χ2v) is 6.36. The lowest BCUT2D eigenvalue weighted by Gasteiger charge is -2.10. The Kier molecular flexibility index (Phi) is 5.23. The van der Waals surface area contributed by atoms with Crippen LogP contribution in [0.3, 0.4) is 0 Å². The predicted octanol–water partition coefficient (Wildman–Crippen LogP) is 4.05. The monoisotopic (exact) mass is 359 g/mol. The SMILES string of the molecule is Cc1nc(SCc2cccnc2)nc(O)c1Cc1c(F)cccc1F. The molecular weight excluding hydrogens is 344 g/mol. The highest BCUT2D eigenvalue weighted by atomic mass is 32.2. The molecule has 2 aromatic heterocycles. The van der Waals surface area contributed by atoms with Crippen molar-refractivity contribution in [3.8, 4) is 5.88 Å². The molecule has 0 fully saturated rings. The molecule has 0 saturated carbocycles. The zero-order chi connectivity index (χ0) is 17.8. The van der Waals surface area contributed by atoms with Crippen molar-refractivity contribution >= 4 is 11.8 Å². The fourth-order valence-electron chi connectivity index (χ4n) is 2.34. The fourth-order valence-corrected chi connectivity index (χ4v) is 3.16. The molecule has 3 aromatic rings. The van der Waals surface area contributed by atoms with E-state index in [1.807, 2.05) is 12.1 Å². The summed E-state index contributed by atoms with van der Waals surface area (Å²) in [5.74, 6) is -0.972. The highest BCUT2D eigenvalue weighted by Gasteiger charge is 2.16. The van der Waals surface area contributed by atoms with Gasteiger partial charge in [-0.1, -0.05) is 23.9 Å². The van der Waals surface area contributed by atoms with Gasteiger partial charge in [0.05, 0.1) is 0 Å². The lowest BCUT2D eigenvalue weighted by molar-refractivity contribution is 0.436. The number of nitrogens with zero attached hydrogens (tertiary/aromatic N) is 3. The summed E-state index contributed by atoms with van der Waals surface area (Å²) in [7, 11) is 0. The Morgan fingerprint density at radius 2 is 1.80 bits per heavy atom. The Morgan fingerprint density at radius 3 is 2.44 bits per heavy atom. The van der Waals surface area contributed by atoms with Crippen LogP contribution in [0.2, 0.25) is 0 Å². The molecule has 0 aliphatic heterocycles. The number of aryl methyl sites for hydroxylation is 1. The van der Waals surface area contributed by atoms with Gasteiger partial charge in [0, 0.05) is 41.4 Å². The van der Waals surface area contributed by atoms with Crippen LogP contribution in [-0.2, 0) is 12.2 Å². The van der Waals surface area contributed by atoms with E-state index in [1.165, 1.54) is 30.0 Å². The Bertz CT molecular complexity index is 847. The molecular formula is C18H15F2N3OS. The van der Waals surface area contributed by atoms with Gasteiger partial charge < -0.3 is 5.11 Å². The summed E-state index contributed by atoms with van der Waals surface area (Å²) in [5, 5.41) is 10.6. The first-order valence-electron chi connectivity index (χ1n) is 7.55. The highest BCUT2D eigenvalue weighted by molar-refractivity contribution is 7.98. The number of hydrogen-bond acceptors (Lipinski definition) is 5. The number of aromatic hydroxyl groups is 1. The molecule has 3 rings (SSSR count). The van der Waals surface area contributed by atoms with E-state index in [1.54, 1.807) is 19.3 Å². The molecule has 4 nitrogen and oxygen atoms in total. The molecule has 0 bridgehead atoms. The van der Waals surface area contributed by atoms with Crippen LogP contribution in [-0.4, -0.2) is 20.1 Å². The molecule has 25 heavy (non-hydrogen) atoms. The van der Waals surface area contributed by atoms with E-state index < -0.39 is 11.6 Å². The predicted molar refractivity (Wildman–Crippen MR) is 91.4 cm³/mol. The van der Waals surface area contributed by atoms with Gasteiger partial charge in [0.2, 0.25) is 5.88 Å². The van der Waals surface area contributed by atoms with Gasteiger partial charge in [0.15, 0.2) is 5.16 Å². The first-order chi connectivity index (χ1) is 12.0. The summed E-state index contributed by atoms with van der Waals surface area (Å²) in [6, 6.07) is 7.44. The summed E-state index contributed by atoms with van der Waals surface area (Å²) in [5.41, 5.74) is 1.70. The van der Waals surface area contributed by atoms with Crippen molar-refractivity contribution in [3.63, 3.8) is 0 Å². The van der Waals surface area contributed by atoms with E-state index in [4.69, 9.17) is 0 Å². The standard InChI is InChI=1S/C18H15F2N3OS/c1-11-13(8-14-15(19)5-2-6-16(14)20)17(24)23-18(22-11)25-10-12-4-3-7-21-9-12/h2-7,9H,8,10H2,1H3,(H,22,23,24). The van der Waals surface area contributed by atoms with Crippen LogP contribution in [0.4, 0.5) is 8.78 Å². The average molecular weight is 359 g/mol. The van der Waals surface area contributed by atoms with Crippen LogP contribution in [0.25, 0.3) is 0 Å². The molecule has 0 atom stereocenters. The van der Waals surface area contributed by atoms with Crippen molar-refractivity contribution in [2.45, 2.75) is 24.3 Å². The molecule has 1 N–H and O–H groups in total. The first kappa shape index (κ1) is 17.3. The van der Waals surface area contributed by atoms with Crippen molar-refractivity contribution in [2.24, 2.45) is 0 Å². The van der Waals surface area contributed by atoms with Gasteiger partial charge in [-0.25, -0.2) is 13.8 Å². The number of aromatic nitrogens is 3. The maximum Gasteiger partial charge on any atom is 0.218 e. The van der Waals surface area contributed by atoms with Crippen LogP contribution in [0.5, 0.6) is 5.88 Å². The Morgan fingerprint density at radius 1 is 1.04 bits per heavy atom. The van der Waals surface area contributed by atoms with Gasteiger partial charge in [-0.15, -0.1) is 0 Å². The quantitative estimate of drug-likeness (QED) is 0.550. The van der Waals surface area contributed by atoms with Crippen molar-refractivity contribution in [3.05, 3.63) is 76.7 Å². The molecule has 7 heteroatoms. The number of rotatable bonds is 5. The number of pyridine rings is 1. The van der Waals surface area contributed by atoms with Crippen LogP contribution < -0.4 is 0 Å². The average Bonchev–Trinajstić information content (AvgIpc) is 2.59. The zero-order valence-electron chi connectivity index (χ0n) is 13.4. The van der Waals surface area contributed by atoms with Crippen molar-refractivity contribution in [1.82, 2.24) is 15.0 Å². The maximum absolute atomic E-state index is 13.8. The Labute approximate surface area is 148 Å². The minimum atomic E-state index is -0.658. The lowest BCUT2D eigenvalue weighted by Crippen LogP contribution is -2.03. The Balaban J connectivity index is 1.81. The van der Waals surface area contributed by atoms with Gasteiger partial charge in [-0.2, -0.15) is 4.98 Å². The maximum atomic E-state index is 13.8. The largest absolute Gasteiger partial charge is 0.493 e. The van der Waals surface area contributed by atoms with E-state index in [0.29, 0.717) is 22.2 Å². The summed E-state index contributed by atoms with van der Waals surface area (Å²) < 4.78 is 27.6. The minimum Gasteiger partial charge on any atom is -0.493 e. The van der Waals surface area contributed by atoms with Crippen LogP contribution >= 0.6 is 11.8 Å². The normalized spacial score (nSPS) is 10.8. The second kappa shape index (κ2) is 7.57. The topological polar surface area (TPSA) is 58.9 Å². The van der Waals surface area contributed by atoms with E-state index in [-0.39, 0.29) is 17.9 Å². The third kappa shape index (κ3) is 4.11. The smallest absolute Gasteiger partial charge is 0.218 e. The highest BCUT2D eigenvalue weighted by Crippen LogP contribution is 2.27. The Hall–Kier alpha value is -2.54. The van der Waals surface area contributed by atoms with E-state index in [0.717, 1.165) is 5.56 Å². The van der Waals surface area contributed by atoms with Crippen LogP contribution in [0.1, 0.15) is 22.4 Å². The van der Waals surface area contributed by atoms with Gasteiger partial charge in [0.1, 0.15) is 11.6 Å². The van der Waals surface area contributed by atoms with E-state index in [2.05, 4.69) is 15.0 Å². The molecule has 0 saturated heterocycles. The van der Waals surface area contributed by atoms with Gasteiger partial charge >= 0.3 is 0 Å². The minimum absolute atomic E-state index is 0.107. The van der Waals surface area contributed by atoms with Crippen LogP contribution in [0.15, 0.2) is 47.9 Å². The summed E-state index contributed by atoms with van der Waals surface area (Å²) in [4.78, 5) is 12.4. The fraction of sp³-hybridized carbons (Fsp3) is 0.167. The third-order valence-corrected chi connectivity index (χ3v) is 4.60. The molecule has 0 aliphatic carbocycles. The first-order valence-corrected chi connectivity index (χ1v) is 8.54. The molecule has 0 spiro atoms. The molecule has 2 heterocycles. The molecule has 0 aliphatic rings. The van der Waals surface area contributed by atoms with E-state index in [9.17, 15) is 13.9 Å². The molecule has 0 radical (unpaired) electrons. The van der Waals surface area contributed by atoms with Gasteiger partial charge in [-0.3, -0.25) is 4.98 Å². The molecule has 0 unspecified atom stereocenters.